The molecule has 0 saturated carbocycles. The molecule has 0 atom stereocenters. The minimum absolute atomic E-state index is 0.00579. The van der Waals surface area contributed by atoms with Crippen molar-refractivity contribution < 1.29 is 4.79 Å². The number of halogens is 1. The molecule has 1 radical (unpaired) electrons. The molecule has 1 N–H and O–H groups in total. The fourth-order valence-electron chi connectivity index (χ4n) is 1.13. The SMILES string of the molecule is O=C1C[N]Nc2ccc(Cl)cc21. The highest BCUT2D eigenvalue weighted by Crippen LogP contribution is 2.22. The second-order valence-electron chi connectivity index (χ2n) is 2.54. The Morgan fingerprint density at radius 1 is 1.50 bits per heavy atom. The Balaban J connectivity index is 2.54. The molecule has 0 fully saturated rings. The smallest absolute Gasteiger partial charge is 0.182 e. The molecule has 3 nitrogen and oxygen atoms in total. The normalized spacial score (nSPS) is 15.2. The van der Waals surface area contributed by atoms with E-state index in [-0.39, 0.29) is 12.3 Å². The highest BCUT2D eigenvalue weighted by Gasteiger charge is 2.16. The van der Waals surface area contributed by atoms with Gasteiger partial charge in [0.2, 0.25) is 0 Å². The maximum Gasteiger partial charge on any atom is 0.182 e. The van der Waals surface area contributed by atoms with Crippen LogP contribution in [0.3, 0.4) is 0 Å². The van der Waals surface area contributed by atoms with Crippen LogP contribution < -0.4 is 10.9 Å². The maximum absolute atomic E-state index is 11.2. The van der Waals surface area contributed by atoms with E-state index < -0.39 is 0 Å². The topological polar surface area (TPSA) is 43.2 Å². The van der Waals surface area contributed by atoms with E-state index in [0.717, 1.165) is 5.69 Å². The van der Waals surface area contributed by atoms with Gasteiger partial charge in [-0.25, -0.2) is 0 Å². The number of anilines is 1. The van der Waals surface area contributed by atoms with Gasteiger partial charge in [0, 0.05) is 10.6 Å². The Bertz CT molecular complexity index is 338. The second-order valence-corrected chi connectivity index (χ2v) is 2.98. The summed E-state index contributed by atoms with van der Waals surface area (Å²) in [6.07, 6.45) is 0. The van der Waals surface area contributed by atoms with Crippen molar-refractivity contribution in [1.29, 1.82) is 0 Å². The molecule has 4 heteroatoms. The fraction of sp³-hybridized carbons (Fsp3) is 0.125. The highest BCUT2D eigenvalue weighted by atomic mass is 35.5. The minimum atomic E-state index is 0.00579. The Kier molecular flexibility index (Phi) is 1.75. The molecule has 0 spiro atoms. The lowest BCUT2D eigenvalue weighted by Crippen LogP contribution is -2.28. The first-order chi connectivity index (χ1) is 5.77. The standard InChI is InChI=1S/C8H6ClN2O/c9-5-1-2-7-6(3-5)8(12)4-10-11-7/h1-3,11H,4H2. The molecule has 1 aliphatic rings. The van der Waals surface area contributed by atoms with E-state index in [4.69, 9.17) is 11.6 Å². The quantitative estimate of drug-likeness (QED) is 0.659. The van der Waals surface area contributed by atoms with Crippen LogP contribution in [0.15, 0.2) is 18.2 Å². The van der Waals surface area contributed by atoms with E-state index in [1.807, 2.05) is 0 Å². The van der Waals surface area contributed by atoms with Crippen molar-refractivity contribution in [2.75, 3.05) is 12.0 Å². The molecule has 0 amide bonds. The molecular weight excluding hydrogens is 176 g/mol. The number of ketones is 1. The molecule has 0 bridgehead atoms. The minimum Gasteiger partial charge on any atom is -0.303 e. The lowest BCUT2D eigenvalue weighted by Gasteiger charge is -2.15. The number of Topliss-reactive ketones (excluding diaryl/α,β-unsaturated/α-hetero) is 1. The Morgan fingerprint density at radius 3 is 3.17 bits per heavy atom. The number of carbonyl (C=O) groups is 1. The second kappa shape index (κ2) is 2.77. The van der Waals surface area contributed by atoms with Crippen LogP contribution in [0.25, 0.3) is 0 Å². The van der Waals surface area contributed by atoms with Crippen molar-refractivity contribution in [3.63, 3.8) is 0 Å². The summed E-state index contributed by atoms with van der Waals surface area (Å²) in [5.74, 6) is 0.00579. The number of hydrogen-bond acceptors (Lipinski definition) is 2. The number of carbonyl (C=O) groups excluding carboxylic acids is 1. The third-order valence-corrected chi connectivity index (χ3v) is 1.94. The van der Waals surface area contributed by atoms with Gasteiger partial charge in [0.05, 0.1) is 12.2 Å². The number of nitrogens with zero attached hydrogens (tertiary/aromatic N) is 1. The molecular formula is C8H6ClN2O. The fourth-order valence-corrected chi connectivity index (χ4v) is 1.30. The van der Waals surface area contributed by atoms with Gasteiger partial charge in [-0.2, -0.15) is 0 Å². The zero-order valence-electron chi connectivity index (χ0n) is 6.17. The van der Waals surface area contributed by atoms with Gasteiger partial charge in [-0.15, -0.1) is 5.43 Å². The Labute approximate surface area is 74.7 Å². The van der Waals surface area contributed by atoms with Crippen LogP contribution in [-0.2, 0) is 0 Å². The van der Waals surface area contributed by atoms with E-state index in [1.165, 1.54) is 0 Å². The van der Waals surface area contributed by atoms with Gasteiger partial charge in [0.15, 0.2) is 5.78 Å². The van der Waals surface area contributed by atoms with Gasteiger partial charge in [0.25, 0.3) is 0 Å². The first-order valence-corrected chi connectivity index (χ1v) is 3.90. The molecule has 1 aromatic carbocycles. The molecule has 1 heterocycles. The van der Waals surface area contributed by atoms with E-state index in [9.17, 15) is 4.79 Å². The number of hydrogen-bond donors (Lipinski definition) is 1. The molecule has 1 aromatic rings. The molecule has 0 unspecified atom stereocenters. The molecule has 0 saturated heterocycles. The number of benzene rings is 1. The molecule has 1 aliphatic heterocycles. The average Bonchev–Trinajstić information content (AvgIpc) is 2.07. The summed E-state index contributed by atoms with van der Waals surface area (Å²) in [4.78, 5) is 11.2. The maximum atomic E-state index is 11.2. The first kappa shape index (κ1) is 7.58. The molecule has 0 aromatic heterocycles. The summed E-state index contributed by atoms with van der Waals surface area (Å²) < 4.78 is 0. The zero-order chi connectivity index (χ0) is 8.55. The van der Waals surface area contributed by atoms with Crippen LogP contribution in [0.1, 0.15) is 10.4 Å². The number of nitrogens with one attached hydrogen (secondary N) is 1. The van der Waals surface area contributed by atoms with Gasteiger partial charge >= 0.3 is 0 Å². The molecule has 12 heavy (non-hydrogen) atoms. The summed E-state index contributed by atoms with van der Waals surface area (Å²) in [6.45, 7) is 0.188. The van der Waals surface area contributed by atoms with Gasteiger partial charge in [0.1, 0.15) is 0 Å². The van der Waals surface area contributed by atoms with E-state index in [2.05, 4.69) is 10.9 Å². The van der Waals surface area contributed by atoms with Crippen molar-refractivity contribution in [2.24, 2.45) is 0 Å². The summed E-state index contributed by atoms with van der Waals surface area (Å²) in [5.41, 5.74) is 7.91. The van der Waals surface area contributed by atoms with Crippen LogP contribution in [0.5, 0.6) is 0 Å². The van der Waals surface area contributed by atoms with Gasteiger partial charge in [-0.05, 0) is 18.2 Å². The summed E-state index contributed by atoms with van der Waals surface area (Å²) >= 11 is 5.73. The van der Waals surface area contributed by atoms with Crippen LogP contribution in [0.2, 0.25) is 5.02 Å². The van der Waals surface area contributed by atoms with Crippen molar-refractivity contribution >= 4 is 23.1 Å². The number of fused-ring (bicyclic) bond motifs is 1. The van der Waals surface area contributed by atoms with Gasteiger partial charge < -0.3 is 5.43 Å². The predicted molar refractivity (Wildman–Crippen MR) is 46.4 cm³/mol. The molecule has 0 aliphatic carbocycles. The highest BCUT2D eigenvalue weighted by molar-refractivity contribution is 6.31. The summed E-state index contributed by atoms with van der Waals surface area (Å²) in [5, 5.41) is 0.575. The van der Waals surface area contributed by atoms with Crippen LogP contribution in [-0.4, -0.2) is 12.3 Å². The Morgan fingerprint density at radius 2 is 2.33 bits per heavy atom. The van der Waals surface area contributed by atoms with Crippen molar-refractivity contribution in [3.8, 4) is 0 Å². The van der Waals surface area contributed by atoms with Crippen LogP contribution in [0, 0.1) is 0 Å². The third-order valence-electron chi connectivity index (χ3n) is 1.70. The van der Waals surface area contributed by atoms with Crippen molar-refractivity contribution in [3.05, 3.63) is 28.8 Å². The summed E-state index contributed by atoms with van der Waals surface area (Å²) in [6, 6.07) is 5.13. The Hall–Kier alpha value is -1.06. The zero-order valence-corrected chi connectivity index (χ0v) is 6.93. The van der Waals surface area contributed by atoms with Gasteiger partial charge in [-0.1, -0.05) is 11.6 Å². The molecule has 2 rings (SSSR count). The summed E-state index contributed by atoms with van der Waals surface area (Å²) in [7, 11) is 0. The van der Waals surface area contributed by atoms with Gasteiger partial charge in [-0.3, -0.25) is 4.79 Å². The largest absolute Gasteiger partial charge is 0.303 e. The third kappa shape index (κ3) is 1.17. The van der Waals surface area contributed by atoms with E-state index >= 15 is 0 Å². The molecule has 61 valence electrons. The van der Waals surface area contributed by atoms with Crippen molar-refractivity contribution in [1.82, 2.24) is 5.43 Å². The van der Waals surface area contributed by atoms with E-state index in [0.29, 0.717) is 10.6 Å². The first-order valence-electron chi connectivity index (χ1n) is 3.52. The van der Waals surface area contributed by atoms with E-state index in [1.54, 1.807) is 18.2 Å². The monoisotopic (exact) mass is 181 g/mol. The van der Waals surface area contributed by atoms with Crippen LogP contribution >= 0.6 is 11.6 Å². The van der Waals surface area contributed by atoms with Crippen LogP contribution in [0.4, 0.5) is 5.69 Å². The predicted octanol–water partition coefficient (Wildman–Crippen LogP) is 1.47. The lowest BCUT2D eigenvalue weighted by molar-refractivity contribution is 0.0988. The number of rotatable bonds is 0. The average molecular weight is 182 g/mol. The van der Waals surface area contributed by atoms with Crippen molar-refractivity contribution in [2.45, 2.75) is 0 Å². The lowest BCUT2D eigenvalue weighted by atomic mass is 10.1.